The molecule has 1 heteroatoms. The van der Waals surface area contributed by atoms with Crippen molar-refractivity contribution in [1.29, 1.82) is 0 Å². The minimum absolute atomic E-state index is 0.267. The Morgan fingerprint density at radius 1 is 1.08 bits per heavy atom. The molecule has 0 heterocycles. The standard InChI is InChI=1S/C11H20O/c1-9-5-4-8-11(9,12)10-6-2-3-7-10/h9-10,12H,2-8H2,1H3. The van der Waals surface area contributed by atoms with Gasteiger partial charge in [0.05, 0.1) is 5.60 Å². The molecule has 70 valence electrons. The fourth-order valence-corrected chi connectivity index (χ4v) is 3.22. The molecule has 0 bridgehead atoms. The molecule has 1 nitrogen and oxygen atoms in total. The lowest BCUT2D eigenvalue weighted by Gasteiger charge is -2.34. The Morgan fingerprint density at radius 3 is 2.25 bits per heavy atom. The molecule has 2 atom stereocenters. The zero-order valence-corrected chi connectivity index (χ0v) is 8.05. The maximum atomic E-state index is 10.5. The average Bonchev–Trinajstić information content (AvgIpc) is 2.62. The summed E-state index contributed by atoms with van der Waals surface area (Å²) in [5.41, 5.74) is -0.267. The molecule has 0 amide bonds. The maximum absolute atomic E-state index is 10.5. The number of rotatable bonds is 1. The van der Waals surface area contributed by atoms with Crippen LogP contribution in [0.5, 0.6) is 0 Å². The van der Waals surface area contributed by atoms with Gasteiger partial charge < -0.3 is 5.11 Å². The van der Waals surface area contributed by atoms with Crippen molar-refractivity contribution >= 4 is 0 Å². The molecule has 2 unspecified atom stereocenters. The van der Waals surface area contributed by atoms with Crippen molar-refractivity contribution in [2.24, 2.45) is 11.8 Å². The maximum Gasteiger partial charge on any atom is 0.0701 e. The summed E-state index contributed by atoms with van der Waals surface area (Å²) in [4.78, 5) is 0. The van der Waals surface area contributed by atoms with Gasteiger partial charge in [-0.25, -0.2) is 0 Å². The molecule has 2 aliphatic carbocycles. The van der Waals surface area contributed by atoms with E-state index in [1.54, 1.807) is 0 Å². The first-order valence-electron chi connectivity index (χ1n) is 5.46. The van der Waals surface area contributed by atoms with Crippen LogP contribution in [0.1, 0.15) is 51.9 Å². The van der Waals surface area contributed by atoms with Gasteiger partial charge in [-0.2, -0.15) is 0 Å². The number of hydrogen-bond acceptors (Lipinski definition) is 1. The summed E-state index contributed by atoms with van der Waals surface area (Å²) in [7, 11) is 0. The van der Waals surface area contributed by atoms with Crippen LogP contribution in [0.4, 0.5) is 0 Å². The van der Waals surface area contributed by atoms with E-state index in [0.717, 1.165) is 6.42 Å². The third kappa shape index (κ3) is 1.19. The summed E-state index contributed by atoms with van der Waals surface area (Å²) in [5.74, 6) is 1.19. The van der Waals surface area contributed by atoms with Crippen LogP contribution in [0, 0.1) is 11.8 Å². The van der Waals surface area contributed by atoms with E-state index in [4.69, 9.17) is 0 Å². The molecule has 0 aromatic heterocycles. The second kappa shape index (κ2) is 3.02. The van der Waals surface area contributed by atoms with Crippen molar-refractivity contribution < 1.29 is 5.11 Å². The van der Waals surface area contributed by atoms with Crippen molar-refractivity contribution in [1.82, 2.24) is 0 Å². The van der Waals surface area contributed by atoms with Gasteiger partial charge in [-0.3, -0.25) is 0 Å². The first-order chi connectivity index (χ1) is 5.73. The van der Waals surface area contributed by atoms with Crippen LogP contribution in [0.25, 0.3) is 0 Å². The van der Waals surface area contributed by atoms with Crippen molar-refractivity contribution in [3.05, 3.63) is 0 Å². The lowest BCUT2D eigenvalue weighted by molar-refractivity contribution is -0.0439. The van der Waals surface area contributed by atoms with Crippen LogP contribution >= 0.6 is 0 Å². The molecular weight excluding hydrogens is 148 g/mol. The zero-order chi connectivity index (χ0) is 8.60. The highest BCUT2D eigenvalue weighted by Gasteiger charge is 2.45. The van der Waals surface area contributed by atoms with E-state index in [1.165, 1.54) is 38.5 Å². The largest absolute Gasteiger partial charge is 0.389 e. The summed E-state index contributed by atoms with van der Waals surface area (Å²) in [5, 5.41) is 10.5. The first-order valence-corrected chi connectivity index (χ1v) is 5.46. The number of hydrogen-bond donors (Lipinski definition) is 1. The Labute approximate surface area is 75.2 Å². The highest BCUT2D eigenvalue weighted by Crippen LogP contribution is 2.46. The molecule has 2 fully saturated rings. The predicted octanol–water partition coefficient (Wildman–Crippen LogP) is 2.73. The Morgan fingerprint density at radius 2 is 1.75 bits per heavy atom. The van der Waals surface area contributed by atoms with Crippen molar-refractivity contribution in [2.75, 3.05) is 0 Å². The second-order valence-corrected chi connectivity index (χ2v) is 4.77. The van der Waals surface area contributed by atoms with Crippen LogP contribution in [0.15, 0.2) is 0 Å². The van der Waals surface area contributed by atoms with E-state index < -0.39 is 0 Å². The minimum Gasteiger partial charge on any atom is -0.389 e. The molecule has 0 aromatic rings. The van der Waals surface area contributed by atoms with Gasteiger partial charge in [0.15, 0.2) is 0 Å². The Balaban J connectivity index is 2.07. The summed E-state index contributed by atoms with van der Waals surface area (Å²) < 4.78 is 0. The molecule has 0 saturated heterocycles. The first kappa shape index (κ1) is 8.55. The van der Waals surface area contributed by atoms with Crippen LogP contribution in [-0.4, -0.2) is 10.7 Å². The predicted molar refractivity (Wildman–Crippen MR) is 49.9 cm³/mol. The third-order valence-corrected chi connectivity index (χ3v) is 4.13. The van der Waals surface area contributed by atoms with Crippen LogP contribution in [0.3, 0.4) is 0 Å². The van der Waals surface area contributed by atoms with Crippen molar-refractivity contribution in [3.63, 3.8) is 0 Å². The summed E-state index contributed by atoms with van der Waals surface area (Å²) >= 11 is 0. The second-order valence-electron chi connectivity index (χ2n) is 4.77. The Kier molecular flexibility index (Phi) is 2.16. The van der Waals surface area contributed by atoms with E-state index in [0.29, 0.717) is 11.8 Å². The Bertz CT molecular complexity index is 160. The highest BCUT2D eigenvalue weighted by molar-refractivity contribution is 4.96. The molecule has 0 spiro atoms. The summed E-state index contributed by atoms with van der Waals surface area (Å²) in [6.07, 6.45) is 8.81. The van der Waals surface area contributed by atoms with Gasteiger partial charge >= 0.3 is 0 Å². The lowest BCUT2D eigenvalue weighted by atomic mass is 9.79. The summed E-state index contributed by atoms with van der Waals surface area (Å²) in [6, 6.07) is 0. The molecule has 2 rings (SSSR count). The monoisotopic (exact) mass is 168 g/mol. The van der Waals surface area contributed by atoms with Gasteiger partial charge in [0.25, 0.3) is 0 Å². The molecule has 0 aromatic carbocycles. The van der Waals surface area contributed by atoms with Gasteiger partial charge in [-0.1, -0.05) is 26.2 Å². The van der Waals surface area contributed by atoms with Crippen molar-refractivity contribution in [3.8, 4) is 0 Å². The van der Waals surface area contributed by atoms with Gasteiger partial charge in [-0.05, 0) is 37.5 Å². The van der Waals surface area contributed by atoms with Crippen LogP contribution in [0.2, 0.25) is 0 Å². The fraction of sp³-hybridized carbons (Fsp3) is 1.00. The van der Waals surface area contributed by atoms with Crippen molar-refractivity contribution in [2.45, 2.75) is 57.5 Å². The molecule has 2 aliphatic rings. The normalized spacial score (nSPS) is 44.0. The van der Waals surface area contributed by atoms with Gasteiger partial charge in [0.2, 0.25) is 0 Å². The van der Waals surface area contributed by atoms with Gasteiger partial charge in [-0.15, -0.1) is 0 Å². The zero-order valence-electron chi connectivity index (χ0n) is 8.05. The average molecular weight is 168 g/mol. The molecule has 0 aliphatic heterocycles. The van der Waals surface area contributed by atoms with Crippen LogP contribution < -0.4 is 0 Å². The van der Waals surface area contributed by atoms with E-state index in [2.05, 4.69) is 6.92 Å². The Hall–Kier alpha value is -0.0400. The molecule has 2 saturated carbocycles. The number of aliphatic hydroxyl groups is 1. The van der Waals surface area contributed by atoms with Gasteiger partial charge in [0, 0.05) is 0 Å². The molecular formula is C11H20O. The molecule has 1 N–H and O–H groups in total. The van der Waals surface area contributed by atoms with E-state index in [-0.39, 0.29) is 5.60 Å². The molecule has 12 heavy (non-hydrogen) atoms. The lowest BCUT2D eigenvalue weighted by Crippen LogP contribution is -2.38. The topological polar surface area (TPSA) is 20.2 Å². The van der Waals surface area contributed by atoms with E-state index in [1.807, 2.05) is 0 Å². The minimum atomic E-state index is -0.267. The van der Waals surface area contributed by atoms with Crippen LogP contribution in [-0.2, 0) is 0 Å². The third-order valence-electron chi connectivity index (χ3n) is 4.13. The molecule has 0 radical (unpaired) electrons. The SMILES string of the molecule is CC1CCCC1(O)C1CCCC1. The fourth-order valence-electron chi connectivity index (χ4n) is 3.22. The smallest absolute Gasteiger partial charge is 0.0701 e. The highest BCUT2D eigenvalue weighted by atomic mass is 16.3. The van der Waals surface area contributed by atoms with E-state index in [9.17, 15) is 5.11 Å². The quantitative estimate of drug-likeness (QED) is 0.638. The summed E-state index contributed by atoms with van der Waals surface area (Å²) in [6.45, 7) is 2.23. The van der Waals surface area contributed by atoms with Gasteiger partial charge in [0.1, 0.15) is 0 Å². The van der Waals surface area contributed by atoms with E-state index >= 15 is 0 Å².